The molecule has 3 heterocycles. The summed E-state index contributed by atoms with van der Waals surface area (Å²) in [6, 6.07) is 16.0. The fraction of sp³-hybridized carbons (Fsp3) is 0.433. The SMILES string of the molecule is CC(C)(Oc1cccc(N2CCC[C@@H](C(=O)NCc3ccc(-c4cn[nH]c4)cc3)C2)c1)C(=O)N1CCNCC1. The Hall–Kier alpha value is -3.85. The van der Waals surface area contributed by atoms with E-state index in [1.807, 2.05) is 73.5 Å². The van der Waals surface area contributed by atoms with E-state index in [9.17, 15) is 9.59 Å². The van der Waals surface area contributed by atoms with Gasteiger partial charge in [0.05, 0.1) is 12.1 Å². The molecule has 1 atom stereocenters. The highest BCUT2D eigenvalue weighted by Gasteiger charge is 2.35. The molecule has 1 aromatic heterocycles. The third-order valence-electron chi connectivity index (χ3n) is 7.52. The average molecular weight is 531 g/mol. The van der Waals surface area contributed by atoms with Crippen molar-refractivity contribution < 1.29 is 14.3 Å². The predicted octanol–water partition coefficient (Wildman–Crippen LogP) is 3.20. The van der Waals surface area contributed by atoms with Gasteiger partial charge in [-0.05, 0) is 49.9 Å². The molecule has 2 aliphatic rings. The number of aromatic nitrogens is 2. The summed E-state index contributed by atoms with van der Waals surface area (Å²) in [5, 5.41) is 13.2. The zero-order valence-corrected chi connectivity index (χ0v) is 22.8. The Kier molecular flexibility index (Phi) is 8.16. The molecule has 2 fully saturated rings. The molecule has 3 N–H and O–H groups in total. The number of nitrogens with zero attached hydrogens (tertiary/aromatic N) is 3. The van der Waals surface area contributed by atoms with Crippen LogP contribution < -0.4 is 20.3 Å². The molecule has 39 heavy (non-hydrogen) atoms. The number of carbonyl (C=O) groups is 2. The molecule has 0 aliphatic carbocycles. The first kappa shape index (κ1) is 26.7. The van der Waals surface area contributed by atoms with Crippen molar-refractivity contribution in [1.29, 1.82) is 0 Å². The zero-order chi connectivity index (χ0) is 27.2. The number of carbonyl (C=O) groups excluding carboxylic acids is 2. The number of nitrogens with one attached hydrogen (secondary N) is 3. The predicted molar refractivity (Wildman–Crippen MR) is 151 cm³/mol. The number of aromatic amines is 1. The highest BCUT2D eigenvalue weighted by Crippen LogP contribution is 2.29. The molecule has 0 spiro atoms. The summed E-state index contributed by atoms with van der Waals surface area (Å²) < 4.78 is 6.22. The quantitative estimate of drug-likeness (QED) is 0.414. The van der Waals surface area contributed by atoms with Crippen LogP contribution in [0.15, 0.2) is 60.9 Å². The second kappa shape index (κ2) is 11.9. The first-order valence-electron chi connectivity index (χ1n) is 13.8. The van der Waals surface area contributed by atoms with E-state index in [-0.39, 0.29) is 17.7 Å². The highest BCUT2D eigenvalue weighted by atomic mass is 16.5. The molecular weight excluding hydrogens is 492 g/mol. The van der Waals surface area contributed by atoms with Gasteiger partial charge in [-0.3, -0.25) is 14.7 Å². The van der Waals surface area contributed by atoms with Crippen LogP contribution in [0.5, 0.6) is 5.75 Å². The van der Waals surface area contributed by atoms with E-state index in [2.05, 4.69) is 25.7 Å². The minimum Gasteiger partial charge on any atom is -0.478 e. The number of hydrogen-bond donors (Lipinski definition) is 3. The number of piperidine rings is 1. The summed E-state index contributed by atoms with van der Waals surface area (Å²) in [4.78, 5) is 30.2. The van der Waals surface area contributed by atoms with Gasteiger partial charge in [0.15, 0.2) is 5.60 Å². The summed E-state index contributed by atoms with van der Waals surface area (Å²) in [6.45, 7) is 8.69. The van der Waals surface area contributed by atoms with Crippen LogP contribution in [-0.4, -0.2) is 71.8 Å². The van der Waals surface area contributed by atoms with Crippen molar-refractivity contribution in [2.75, 3.05) is 44.2 Å². The van der Waals surface area contributed by atoms with Gasteiger partial charge in [0.1, 0.15) is 5.75 Å². The second-order valence-corrected chi connectivity index (χ2v) is 10.8. The lowest BCUT2D eigenvalue weighted by atomic mass is 9.96. The van der Waals surface area contributed by atoms with Gasteiger partial charge in [0, 0.05) is 69.3 Å². The summed E-state index contributed by atoms with van der Waals surface area (Å²) in [5.41, 5.74) is 3.23. The van der Waals surface area contributed by atoms with Crippen LogP contribution in [0.1, 0.15) is 32.3 Å². The Morgan fingerprint density at radius 3 is 2.62 bits per heavy atom. The summed E-state index contributed by atoms with van der Waals surface area (Å²) >= 11 is 0. The monoisotopic (exact) mass is 530 g/mol. The van der Waals surface area contributed by atoms with E-state index in [0.717, 1.165) is 54.9 Å². The number of rotatable bonds is 8. The van der Waals surface area contributed by atoms with Gasteiger partial charge in [-0.2, -0.15) is 5.10 Å². The fourth-order valence-corrected chi connectivity index (χ4v) is 5.31. The lowest BCUT2D eigenvalue weighted by Crippen LogP contribution is -2.54. The van der Waals surface area contributed by atoms with Crippen LogP contribution in [0.3, 0.4) is 0 Å². The van der Waals surface area contributed by atoms with Crippen LogP contribution >= 0.6 is 0 Å². The van der Waals surface area contributed by atoms with E-state index in [0.29, 0.717) is 31.9 Å². The molecular formula is C30H38N6O3. The molecule has 0 unspecified atom stereocenters. The van der Waals surface area contributed by atoms with Gasteiger partial charge in [-0.1, -0.05) is 30.3 Å². The van der Waals surface area contributed by atoms with E-state index in [4.69, 9.17) is 4.74 Å². The average Bonchev–Trinajstić information content (AvgIpc) is 3.51. The van der Waals surface area contributed by atoms with Crippen LogP contribution in [-0.2, 0) is 16.1 Å². The van der Waals surface area contributed by atoms with Gasteiger partial charge in [-0.25, -0.2) is 0 Å². The number of benzene rings is 2. The van der Waals surface area contributed by atoms with Crippen molar-refractivity contribution in [3.05, 3.63) is 66.5 Å². The topological polar surface area (TPSA) is 103 Å². The second-order valence-electron chi connectivity index (χ2n) is 10.8. The van der Waals surface area contributed by atoms with Crippen molar-refractivity contribution in [1.82, 2.24) is 25.7 Å². The molecule has 2 saturated heterocycles. The first-order chi connectivity index (χ1) is 18.9. The summed E-state index contributed by atoms with van der Waals surface area (Å²) in [7, 11) is 0. The fourth-order valence-electron chi connectivity index (χ4n) is 5.31. The number of ether oxygens (including phenoxy) is 1. The molecule has 206 valence electrons. The van der Waals surface area contributed by atoms with Crippen LogP contribution in [0, 0.1) is 5.92 Å². The minimum atomic E-state index is -0.961. The van der Waals surface area contributed by atoms with Crippen molar-refractivity contribution in [3.63, 3.8) is 0 Å². The van der Waals surface area contributed by atoms with Gasteiger partial charge in [0.2, 0.25) is 5.91 Å². The van der Waals surface area contributed by atoms with Crippen molar-refractivity contribution in [2.24, 2.45) is 5.92 Å². The Morgan fingerprint density at radius 1 is 1.08 bits per heavy atom. The van der Waals surface area contributed by atoms with E-state index in [1.165, 1.54) is 0 Å². The third-order valence-corrected chi connectivity index (χ3v) is 7.52. The number of hydrogen-bond acceptors (Lipinski definition) is 6. The van der Waals surface area contributed by atoms with Crippen LogP contribution in [0.4, 0.5) is 5.69 Å². The standard InChI is InChI=1S/C30H38N6O3/c1-30(2,29(38)35-15-12-31-13-16-35)39-27-7-3-6-26(17-27)36-14-4-5-24(21-36)28(37)32-18-22-8-10-23(11-9-22)25-19-33-34-20-25/h3,6-11,17,19-20,24,31H,4-5,12-16,18,21H2,1-2H3,(H,32,37)(H,33,34)/t24-/m1/s1. The third kappa shape index (κ3) is 6.60. The Labute approximate surface area is 229 Å². The molecule has 5 rings (SSSR count). The lowest BCUT2D eigenvalue weighted by molar-refractivity contribution is -0.146. The number of anilines is 1. The van der Waals surface area contributed by atoms with E-state index >= 15 is 0 Å². The van der Waals surface area contributed by atoms with Gasteiger partial charge >= 0.3 is 0 Å². The van der Waals surface area contributed by atoms with Gasteiger partial charge in [-0.15, -0.1) is 0 Å². The Bertz CT molecular complexity index is 1250. The first-order valence-corrected chi connectivity index (χ1v) is 13.8. The number of piperazine rings is 1. The molecule has 2 aromatic carbocycles. The summed E-state index contributed by atoms with van der Waals surface area (Å²) in [5.74, 6) is 0.652. The van der Waals surface area contributed by atoms with Crippen molar-refractivity contribution in [2.45, 2.75) is 38.8 Å². The molecule has 3 aromatic rings. The Morgan fingerprint density at radius 2 is 1.87 bits per heavy atom. The van der Waals surface area contributed by atoms with Crippen LogP contribution in [0.25, 0.3) is 11.1 Å². The number of amides is 2. The molecule has 9 heteroatoms. The molecule has 0 bridgehead atoms. The van der Waals surface area contributed by atoms with Gasteiger partial charge < -0.3 is 25.2 Å². The maximum atomic E-state index is 13.1. The highest BCUT2D eigenvalue weighted by molar-refractivity contribution is 5.85. The normalized spacial score (nSPS) is 18.1. The summed E-state index contributed by atoms with van der Waals surface area (Å²) in [6.07, 6.45) is 5.46. The van der Waals surface area contributed by atoms with Crippen molar-refractivity contribution >= 4 is 17.5 Å². The number of H-pyrrole nitrogens is 1. The lowest BCUT2D eigenvalue weighted by Gasteiger charge is -2.36. The maximum absolute atomic E-state index is 13.1. The molecule has 2 aliphatic heterocycles. The molecule has 2 amide bonds. The Balaban J connectivity index is 1.16. The van der Waals surface area contributed by atoms with Gasteiger partial charge in [0.25, 0.3) is 5.91 Å². The maximum Gasteiger partial charge on any atom is 0.266 e. The smallest absolute Gasteiger partial charge is 0.266 e. The molecule has 9 nitrogen and oxygen atoms in total. The van der Waals surface area contributed by atoms with Crippen LogP contribution in [0.2, 0.25) is 0 Å². The van der Waals surface area contributed by atoms with E-state index in [1.54, 1.807) is 6.20 Å². The minimum absolute atomic E-state index is 0.000212. The largest absolute Gasteiger partial charge is 0.478 e. The van der Waals surface area contributed by atoms with Crippen molar-refractivity contribution in [3.8, 4) is 16.9 Å². The molecule has 0 saturated carbocycles. The molecule has 0 radical (unpaired) electrons. The van der Waals surface area contributed by atoms with E-state index < -0.39 is 5.60 Å². The zero-order valence-electron chi connectivity index (χ0n) is 22.8.